The average molecular weight is 397 g/mol. The van der Waals surface area contributed by atoms with Crippen LogP contribution in [-0.4, -0.2) is 56.3 Å². The second kappa shape index (κ2) is 7.44. The van der Waals surface area contributed by atoms with E-state index in [1.54, 1.807) is 6.07 Å². The van der Waals surface area contributed by atoms with E-state index in [1.165, 1.54) is 12.1 Å². The van der Waals surface area contributed by atoms with E-state index in [4.69, 9.17) is 0 Å². The zero-order chi connectivity index (χ0) is 20.7. The highest BCUT2D eigenvalue weighted by Crippen LogP contribution is 2.30. The normalized spacial score (nSPS) is 19.7. The van der Waals surface area contributed by atoms with Crippen molar-refractivity contribution in [1.29, 1.82) is 0 Å². The van der Waals surface area contributed by atoms with Gasteiger partial charge >= 0.3 is 0 Å². The molecule has 1 fully saturated rings. The maximum absolute atomic E-state index is 14.5. The number of rotatable bonds is 3. The fourth-order valence-corrected chi connectivity index (χ4v) is 3.83. The third-order valence-electron chi connectivity index (χ3n) is 5.57. The molecule has 152 valence electrons. The number of nitrogens with one attached hydrogen (secondary N) is 2. The Morgan fingerprint density at radius 1 is 1.38 bits per heavy atom. The van der Waals surface area contributed by atoms with Crippen LogP contribution >= 0.6 is 0 Å². The Balaban J connectivity index is 1.84. The lowest BCUT2D eigenvalue weighted by molar-refractivity contribution is 0.0607. The van der Waals surface area contributed by atoms with Crippen molar-refractivity contribution in [2.75, 3.05) is 13.1 Å². The second-order valence-electron chi connectivity index (χ2n) is 7.59. The van der Waals surface area contributed by atoms with Gasteiger partial charge in [0.05, 0.1) is 16.6 Å². The van der Waals surface area contributed by atoms with Gasteiger partial charge < -0.3 is 15.3 Å². The monoisotopic (exact) mass is 397 g/mol. The molecule has 7 nitrogen and oxygen atoms in total. The summed E-state index contributed by atoms with van der Waals surface area (Å²) >= 11 is 0. The molecule has 3 N–H and O–H groups in total. The number of carbonyl (C=O) groups is 1. The smallest absolute Gasteiger partial charge is 0.255 e. The van der Waals surface area contributed by atoms with E-state index < -0.39 is 5.82 Å². The number of aromatic nitrogens is 3. The van der Waals surface area contributed by atoms with Crippen LogP contribution in [-0.2, 0) is 0 Å². The molecule has 3 aromatic rings. The number of carbonyl (C=O) groups excluding carboxylic acids is 1. The van der Waals surface area contributed by atoms with Crippen LogP contribution in [0.2, 0.25) is 0 Å². The fourth-order valence-electron chi connectivity index (χ4n) is 3.83. The number of halogens is 1. The number of phenols is 1. The van der Waals surface area contributed by atoms with Gasteiger partial charge in [0.1, 0.15) is 11.6 Å². The number of pyridine rings is 1. The fraction of sp³-hybridized carbons (Fsp3) is 0.381. The number of benzene rings is 1. The molecule has 0 spiro atoms. The molecule has 1 aromatic carbocycles. The quantitative estimate of drug-likeness (QED) is 0.632. The molecule has 1 aliphatic heterocycles. The first-order valence-electron chi connectivity index (χ1n) is 9.78. The van der Waals surface area contributed by atoms with Crippen molar-refractivity contribution in [2.45, 2.75) is 39.3 Å². The van der Waals surface area contributed by atoms with Gasteiger partial charge in [0, 0.05) is 42.5 Å². The first-order valence-corrected chi connectivity index (χ1v) is 9.78. The van der Waals surface area contributed by atoms with Crippen LogP contribution in [0.5, 0.6) is 5.75 Å². The second-order valence-corrected chi connectivity index (χ2v) is 7.59. The van der Waals surface area contributed by atoms with Crippen LogP contribution in [0.4, 0.5) is 4.39 Å². The van der Waals surface area contributed by atoms with Crippen molar-refractivity contribution < 1.29 is 14.3 Å². The van der Waals surface area contributed by atoms with Gasteiger partial charge in [-0.2, -0.15) is 5.10 Å². The van der Waals surface area contributed by atoms with Crippen LogP contribution in [0.15, 0.2) is 24.3 Å². The van der Waals surface area contributed by atoms with Crippen molar-refractivity contribution >= 4 is 16.9 Å². The molecular formula is C21H24FN5O2. The van der Waals surface area contributed by atoms with E-state index in [1.807, 2.05) is 18.7 Å². The number of aryl methyl sites for hydroxylation is 1. The molecule has 0 unspecified atom stereocenters. The standard InChI is InChI=1S/C21H24FN5O2/c1-4-13-10-27(11(2)9-23-13)21(29)16-8-18(15-6-5-14(28)7-17(15)22)24-20-19(16)12(3)25-26-20/h5-8,11,13,23,28H,4,9-10H2,1-3H3,(H,24,25,26)/t11-,13+/m0/s1. The maximum atomic E-state index is 14.5. The number of hydrogen-bond acceptors (Lipinski definition) is 5. The number of phenolic OH excluding ortho intramolecular Hbond substituents is 1. The van der Waals surface area contributed by atoms with Crippen LogP contribution < -0.4 is 5.32 Å². The Bertz CT molecular complexity index is 1080. The highest BCUT2D eigenvalue weighted by Gasteiger charge is 2.30. The molecule has 0 radical (unpaired) electrons. The third kappa shape index (κ3) is 3.44. The minimum absolute atomic E-state index is 0.0366. The minimum atomic E-state index is -0.607. The van der Waals surface area contributed by atoms with Gasteiger partial charge in [0.25, 0.3) is 5.91 Å². The summed E-state index contributed by atoms with van der Waals surface area (Å²) in [5.41, 5.74) is 2.07. The molecule has 1 saturated heterocycles. The van der Waals surface area contributed by atoms with E-state index in [2.05, 4.69) is 27.4 Å². The summed E-state index contributed by atoms with van der Waals surface area (Å²) in [7, 11) is 0. The van der Waals surface area contributed by atoms with Crippen LogP contribution in [0, 0.1) is 12.7 Å². The van der Waals surface area contributed by atoms with Crippen molar-refractivity contribution in [3.05, 3.63) is 41.3 Å². The van der Waals surface area contributed by atoms with Crippen molar-refractivity contribution in [3.63, 3.8) is 0 Å². The lowest BCUT2D eigenvalue weighted by Gasteiger charge is -2.38. The molecule has 4 rings (SSSR count). The maximum Gasteiger partial charge on any atom is 0.255 e. The summed E-state index contributed by atoms with van der Waals surface area (Å²) in [5, 5.41) is 20.7. The molecule has 2 atom stereocenters. The highest BCUT2D eigenvalue weighted by molar-refractivity contribution is 6.07. The van der Waals surface area contributed by atoms with Gasteiger partial charge in [0.2, 0.25) is 0 Å². The van der Waals surface area contributed by atoms with Crippen molar-refractivity contribution in [2.24, 2.45) is 0 Å². The summed E-state index contributed by atoms with van der Waals surface area (Å²) in [6.07, 6.45) is 0.928. The Morgan fingerprint density at radius 3 is 2.90 bits per heavy atom. The number of fused-ring (bicyclic) bond motifs is 1. The number of piperazine rings is 1. The average Bonchev–Trinajstić information content (AvgIpc) is 3.08. The lowest BCUT2D eigenvalue weighted by Crippen LogP contribution is -2.57. The third-order valence-corrected chi connectivity index (χ3v) is 5.57. The number of H-pyrrole nitrogens is 1. The molecule has 3 heterocycles. The molecule has 1 aliphatic rings. The van der Waals surface area contributed by atoms with E-state index >= 15 is 0 Å². The van der Waals surface area contributed by atoms with Gasteiger partial charge in [-0.05, 0) is 38.5 Å². The van der Waals surface area contributed by atoms with Crippen LogP contribution in [0.25, 0.3) is 22.3 Å². The number of hydrogen-bond donors (Lipinski definition) is 3. The molecular weight excluding hydrogens is 373 g/mol. The summed E-state index contributed by atoms with van der Waals surface area (Å²) in [6, 6.07) is 5.78. The highest BCUT2D eigenvalue weighted by atomic mass is 19.1. The Labute approximate surface area is 167 Å². The van der Waals surface area contributed by atoms with Gasteiger partial charge in [-0.3, -0.25) is 9.89 Å². The summed E-state index contributed by atoms with van der Waals surface area (Å²) < 4.78 is 14.5. The van der Waals surface area contributed by atoms with Gasteiger partial charge in [-0.25, -0.2) is 9.37 Å². The van der Waals surface area contributed by atoms with E-state index in [9.17, 15) is 14.3 Å². The Kier molecular flexibility index (Phi) is 4.96. The summed E-state index contributed by atoms with van der Waals surface area (Å²) in [4.78, 5) is 19.9. The number of amides is 1. The first kappa shape index (κ1) is 19.3. The lowest BCUT2D eigenvalue weighted by atomic mass is 10.0. The summed E-state index contributed by atoms with van der Waals surface area (Å²) in [5.74, 6) is -0.890. The predicted molar refractivity (Wildman–Crippen MR) is 108 cm³/mol. The SMILES string of the molecule is CC[C@@H]1CN(C(=O)c2cc(-c3ccc(O)cc3F)nc3n[nH]c(C)c23)[C@@H](C)CN1. The Morgan fingerprint density at radius 2 is 2.17 bits per heavy atom. The molecule has 8 heteroatoms. The first-order chi connectivity index (χ1) is 13.9. The molecule has 29 heavy (non-hydrogen) atoms. The number of aromatic hydroxyl groups is 1. The molecule has 0 aliphatic carbocycles. The molecule has 0 saturated carbocycles. The zero-order valence-corrected chi connectivity index (χ0v) is 16.7. The van der Waals surface area contributed by atoms with Gasteiger partial charge in [0.15, 0.2) is 5.65 Å². The molecule has 0 bridgehead atoms. The van der Waals surface area contributed by atoms with E-state index in [0.717, 1.165) is 24.7 Å². The zero-order valence-electron chi connectivity index (χ0n) is 16.7. The predicted octanol–water partition coefficient (Wildman–Crippen LogP) is 2.99. The summed E-state index contributed by atoms with van der Waals surface area (Å²) in [6.45, 7) is 7.28. The van der Waals surface area contributed by atoms with Crippen LogP contribution in [0.3, 0.4) is 0 Å². The number of nitrogens with zero attached hydrogens (tertiary/aromatic N) is 3. The Hall–Kier alpha value is -3.00. The molecule has 1 amide bonds. The topological polar surface area (TPSA) is 94.1 Å². The largest absolute Gasteiger partial charge is 0.508 e. The molecule has 2 aromatic heterocycles. The van der Waals surface area contributed by atoms with Crippen molar-refractivity contribution in [1.82, 2.24) is 25.4 Å². The van der Waals surface area contributed by atoms with Crippen molar-refractivity contribution in [3.8, 4) is 17.0 Å². The number of aromatic amines is 1. The van der Waals surface area contributed by atoms with Gasteiger partial charge in [-0.15, -0.1) is 0 Å². The van der Waals surface area contributed by atoms with Crippen LogP contribution in [0.1, 0.15) is 36.3 Å². The van der Waals surface area contributed by atoms with Gasteiger partial charge in [-0.1, -0.05) is 6.92 Å². The van der Waals surface area contributed by atoms with E-state index in [-0.39, 0.29) is 29.3 Å². The minimum Gasteiger partial charge on any atom is -0.508 e. The van der Waals surface area contributed by atoms with E-state index in [0.29, 0.717) is 28.8 Å².